The third kappa shape index (κ3) is 5.14. The summed E-state index contributed by atoms with van der Waals surface area (Å²) in [5.41, 5.74) is 4.23. The Labute approximate surface area is 183 Å². The van der Waals surface area contributed by atoms with Gasteiger partial charge in [-0.3, -0.25) is 14.5 Å². The smallest absolute Gasteiger partial charge is 0.278 e. The van der Waals surface area contributed by atoms with Crippen LogP contribution in [0, 0.1) is 19.8 Å². The van der Waals surface area contributed by atoms with E-state index in [1.54, 1.807) is 7.11 Å². The molecule has 1 aliphatic rings. The fourth-order valence-electron chi connectivity index (χ4n) is 3.41. The van der Waals surface area contributed by atoms with Gasteiger partial charge in [0.2, 0.25) is 0 Å². The average Bonchev–Trinajstić information content (AvgIpc) is 2.96. The van der Waals surface area contributed by atoms with Crippen molar-refractivity contribution in [2.45, 2.75) is 27.7 Å². The molecule has 2 aromatic rings. The molecule has 0 aromatic heterocycles. The summed E-state index contributed by atoms with van der Waals surface area (Å²) in [6.07, 6.45) is 0. The van der Waals surface area contributed by atoms with Crippen LogP contribution in [-0.2, 0) is 14.3 Å². The highest BCUT2D eigenvalue weighted by Crippen LogP contribution is 2.32. The van der Waals surface area contributed by atoms with Gasteiger partial charge < -0.3 is 14.8 Å². The molecule has 6 nitrogen and oxygen atoms in total. The van der Waals surface area contributed by atoms with Gasteiger partial charge in [0.15, 0.2) is 0 Å². The van der Waals surface area contributed by atoms with E-state index >= 15 is 0 Å². The van der Waals surface area contributed by atoms with Crippen LogP contribution in [0.1, 0.15) is 30.5 Å². The molecule has 6 heteroatoms. The van der Waals surface area contributed by atoms with Crippen LogP contribution < -0.4 is 10.1 Å². The van der Waals surface area contributed by atoms with E-state index in [0.29, 0.717) is 23.7 Å². The first kappa shape index (κ1) is 22.6. The molecule has 0 atom stereocenters. The number of nitrogens with zero attached hydrogens (tertiary/aromatic N) is 1. The molecule has 0 radical (unpaired) electrons. The van der Waals surface area contributed by atoms with E-state index in [-0.39, 0.29) is 30.7 Å². The summed E-state index contributed by atoms with van der Waals surface area (Å²) in [7, 11) is 1.55. The van der Waals surface area contributed by atoms with E-state index in [9.17, 15) is 9.59 Å². The van der Waals surface area contributed by atoms with Crippen molar-refractivity contribution in [1.82, 2.24) is 4.90 Å². The van der Waals surface area contributed by atoms with Crippen LogP contribution in [0.25, 0.3) is 5.57 Å². The number of imide groups is 1. The van der Waals surface area contributed by atoms with E-state index in [1.165, 1.54) is 4.90 Å². The van der Waals surface area contributed by atoms with Crippen LogP contribution in [0.2, 0.25) is 0 Å². The molecule has 0 fully saturated rings. The van der Waals surface area contributed by atoms with Crippen LogP contribution in [0.4, 0.5) is 5.69 Å². The highest BCUT2D eigenvalue weighted by atomic mass is 16.5. The standard InChI is InChI=1S/C25H30N2O4/c1-16(2)15-31-20-9-7-19(8-10-20)22-23(25(29)27(24(22)28)12-13-30-5)26-21-11-6-17(3)14-18(21)4/h6-11,14,16,26H,12-13,15H2,1-5H3. The number of methoxy groups -OCH3 is 1. The molecule has 2 aromatic carbocycles. The van der Waals surface area contributed by atoms with E-state index in [1.807, 2.05) is 56.3 Å². The minimum atomic E-state index is -0.350. The van der Waals surface area contributed by atoms with Gasteiger partial charge in [-0.05, 0) is 49.1 Å². The lowest BCUT2D eigenvalue weighted by molar-refractivity contribution is -0.137. The topological polar surface area (TPSA) is 67.9 Å². The van der Waals surface area contributed by atoms with Gasteiger partial charge in [-0.2, -0.15) is 0 Å². The summed E-state index contributed by atoms with van der Waals surface area (Å²) in [6.45, 7) is 9.25. The van der Waals surface area contributed by atoms with E-state index in [4.69, 9.17) is 9.47 Å². The second kappa shape index (κ2) is 9.79. The first-order valence-electron chi connectivity index (χ1n) is 10.5. The van der Waals surface area contributed by atoms with E-state index < -0.39 is 0 Å². The molecule has 3 rings (SSSR count). The zero-order valence-corrected chi connectivity index (χ0v) is 18.8. The highest BCUT2D eigenvalue weighted by Gasteiger charge is 2.39. The van der Waals surface area contributed by atoms with Gasteiger partial charge in [0.25, 0.3) is 11.8 Å². The number of ether oxygens (including phenoxy) is 2. The lowest BCUT2D eigenvalue weighted by Gasteiger charge is -2.15. The number of hydrogen-bond donors (Lipinski definition) is 1. The fraction of sp³-hybridized carbons (Fsp3) is 0.360. The molecule has 31 heavy (non-hydrogen) atoms. The third-order valence-electron chi connectivity index (χ3n) is 5.05. The number of nitrogens with one attached hydrogen (secondary N) is 1. The van der Waals surface area contributed by atoms with Crippen molar-refractivity contribution in [3.63, 3.8) is 0 Å². The van der Waals surface area contributed by atoms with Crippen molar-refractivity contribution in [1.29, 1.82) is 0 Å². The maximum absolute atomic E-state index is 13.2. The lowest BCUT2D eigenvalue weighted by Crippen LogP contribution is -2.35. The second-order valence-electron chi connectivity index (χ2n) is 8.18. The van der Waals surface area contributed by atoms with Crippen LogP contribution in [0.15, 0.2) is 48.2 Å². The number of benzene rings is 2. The van der Waals surface area contributed by atoms with Gasteiger partial charge >= 0.3 is 0 Å². The maximum atomic E-state index is 13.2. The summed E-state index contributed by atoms with van der Waals surface area (Å²) in [5, 5.41) is 3.22. The van der Waals surface area contributed by atoms with Gasteiger partial charge in [-0.1, -0.05) is 43.7 Å². The first-order chi connectivity index (χ1) is 14.8. The molecule has 0 saturated heterocycles. The summed E-state index contributed by atoms with van der Waals surface area (Å²) in [5.74, 6) is 0.469. The van der Waals surface area contributed by atoms with Crippen molar-refractivity contribution in [2.75, 3.05) is 32.2 Å². The predicted molar refractivity (Wildman–Crippen MR) is 122 cm³/mol. The molecule has 0 unspecified atom stereocenters. The Morgan fingerprint density at radius 2 is 1.71 bits per heavy atom. The Balaban J connectivity index is 1.97. The minimum Gasteiger partial charge on any atom is -0.493 e. The second-order valence-corrected chi connectivity index (χ2v) is 8.18. The maximum Gasteiger partial charge on any atom is 0.278 e. The van der Waals surface area contributed by atoms with Crippen molar-refractivity contribution in [2.24, 2.45) is 5.92 Å². The number of hydrogen-bond acceptors (Lipinski definition) is 5. The van der Waals surface area contributed by atoms with Crippen LogP contribution >= 0.6 is 0 Å². The Bertz CT molecular complexity index is 993. The molecule has 0 bridgehead atoms. The molecular formula is C25H30N2O4. The molecule has 0 aliphatic carbocycles. The monoisotopic (exact) mass is 422 g/mol. The number of rotatable bonds is 9. The lowest BCUT2D eigenvalue weighted by atomic mass is 10.0. The normalized spacial score (nSPS) is 14.1. The molecule has 0 saturated carbocycles. The molecule has 1 aliphatic heterocycles. The molecule has 164 valence electrons. The van der Waals surface area contributed by atoms with E-state index in [2.05, 4.69) is 19.2 Å². The van der Waals surface area contributed by atoms with Crippen molar-refractivity contribution < 1.29 is 19.1 Å². The number of carbonyl (C=O) groups excluding carboxylic acids is 2. The van der Waals surface area contributed by atoms with E-state index in [0.717, 1.165) is 22.6 Å². The average molecular weight is 423 g/mol. The van der Waals surface area contributed by atoms with Gasteiger partial charge in [-0.15, -0.1) is 0 Å². The fourth-order valence-corrected chi connectivity index (χ4v) is 3.41. The first-order valence-corrected chi connectivity index (χ1v) is 10.5. The number of aryl methyl sites for hydroxylation is 2. The van der Waals surface area contributed by atoms with Crippen LogP contribution in [0.5, 0.6) is 5.75 Å². The van der Waals surface area contributed by atoms with Gasteiger partial charge in [0.05, 0.1) is 25.3 Å². The van der Waals surface area contributed by atoms with Gasteiger partial charge in [0, 0.05) is 12.8 Å². The van der Waals surface area contributed by atoms with Crippen LogP contribution in [0.3, 0.4) is 0 Å². The van der Waals surface area contributed by atoms with Gasteiger partial charge in [0.1, 0.15) is 11.4 Å². The predicted octanol–water partition coefficient (Wildman–Crippen LogP) is 4.18. The Hall–Kier alpha value is -3.12. The summed E-state index contributed by atoms with van der Waals surface area (Å²) < 4.78 is 10.8. The Morgan fingerprint density at radius 3 is 2.32 bits per heavy atom. The number of amides is 2. The molecule has 2 amide bonds. The quantitative estimate of drug-likeness (QED) is 0.614. The zero-order chi connectivity index (χ0) is 22.5. The third-order valence-corrected chi connectivity index (χ3v) is 5.05. The molecule has 1 heterocycles. The zero-order valence-electron chi connectivity index (χ0n) is 18.8. The van der Waals surface area contributed by atoms with Crippen molar-refractivity contribution >= 4 is 23.1 Å². The highest BCUT2D eigenvalue weighted by molar-refractivity contribution is 6.36. The molecule has 1 N–H and O–H groups in total. The molecular weight excluding hydrogens is 392 g/mol. The van der Waals surface area contributed by atoms with Gasteiger partial charge in [-0.25, -0.2) is 0 Å². The number of carbonyl (C=O) groups is 2. The molecule has 0 spiro atoms. The Morgan fingerprint density at radius 1 is 1.00 bits per heavy atom. The summed E-state index contributed by atoms with van der Waals surface area (Å²) in [4.78, 5) is 27.5. The minimum absolute atomic E-state index is 0.200. The summed E-state index contributed by atoms with van der Waals surface area (Å²) in [6, 6.07) is 13.2. The van der Waals surface area contributed by atoms with Crippen molar-refractivity contribution in [3.8, 4) is 5.75 Å². The Kier molecular flexibility index (Phi) is 7.13. The SMILES string of the molecule is COCCN1C(=O)C(Nc2ccc(C)cc2C)=C(c2ccc(OCC(C)C)cc2)C1=O. The summed E-state index contributed by atoms with van der Waals surface area (Å²) >= 11 is 0. The largest absolute Gasteiger partial charge is 0.493 e. The number of anilines is 1. The van der Waals surface area contributed by atoms with Crippen molar-refractivity contribution in [3.05, 3.63) is 64.9 Å². The van der Waals surface area contributed by atoms with Crippen LogP contribution in [-0.4, -0.2) is 43.6 Å².